The lowest BCUT2D eigenvalue weighted by atomic mass is 9.67. The number of thioether (sulfide) groups is 1. The van der Waals surface area contributed by atoms with Gasteiger partial charge in [0.25, 0.3) is 0 Å². The van der Waals surface area contributed by atoms with E-state index in [2.05, 4.69) is 31.3 Å². The number of fused-ring (bicyclic) bond motifs is 9. The topological polar surface area (TPSA) is 0 Å². The molecule has 4 saturated carbocycles. The van der Waals surface area contributed by atoms with Gasteiger partial charge in [-0.2, -0.15) is 11.8 Å². The number of rotatable bonds is 5. The van der Waals surface area contributed by atoms with Gasteiger partial charge in [0.05, 0.1) is 0 Å². The predicted octanol–water partition coefficient (Wildman–Crippen LogP) is 5.00. The van der Waals surface area contributed by atoms with Crippen LogP contribution in [-0.4, -0.2) is 11.0 Å². The summed E-state index contributed by atoms with van der Waals surface area (Å²) in [7, 11) is 0. The fourth-order valence-corrected chi connectivity index (χ4v) is 8.12. The third-order valence-electron chi connectivity index (χ3n) is 6.94. The number of allylic oxidation sites excluding steroid dienone is 1. The highest BCUT2D eigenvalue weighted by molar-refractivity contribution is 7.99. The summed E-state index contributed by atoms with van der Waals surface area (Å²) in [6.45, 7) is 6.43. The van der Waals surface area contributed by atoms with E-state index in [1.165, 1.54) is 25.0 Å². The van der Waals surface area contributed by atoms with Gasteiger partial charge in [0.1, 0.15) is 0 Å². The van der Waals surface area contributed by atoms with E-state index in [0.29, 0.717) is 0 Å². The van der Waals surface area contributed by atoms with Crippen LogP contribution in [0.4, 0.5) is 0 Å². The van der Waals surface area contributed by atoms with Gasteiger partial charge in [-0.15, -0.1) is 6.58 Å². The van der Waals surface area contributed by atoms with Crippen LogP contribution in [-0.2, 0) is 0 Å². The van der Waals surface area contributed by atoms with Crippen LogP contribution in [0.5, 0.6) is 0 Å². The van der Waals surface area contributed by atoms with Gasteiger partial charge in [0.15, 0.2) is 0 Å². The fourth-order valence-electron chi connectivity index (χ4n) is 6.44. The van der Waals surface area contributed by atoms with Crippen LogP contribution in [0.2, 0.25) is 0 Å². The molecule has 0 aromatic heterocycles. The van der Waals surface area contributed by atoms with Crippen LogP contribution < -0.4 is 0 Å². The van der Waals surface area contributed by atoms with Gasteiger partial charge in [0.2, 0.25) is 0 Å². The lowest BCUT2D eigenvalue weighted by Gasteiger charge is -2.41. The molecule has 4 bridgehead atoms. The third-order valence-corrected chi connectivity index (χ3v) is 8.44. The first-order valence-corrected chi connectivity index (χ1v) is 9.62. The van der Waals surface area contributed by atoms with E-state index >= 15 is 0 Å². The Labute approximate surface area is 122 Å². The Morgan fingerprint density at radius 3 is 2.63 bits per heavy atom. The molecule has 0 aliphatic heterocycles. The molecule has 0 nitrogen and oxygen atoms in total. The van der Waals surface area contributed by atoms with Gasteiger partial charge in [-0.1, -0.05) is 19.4 Å². The largest absolute Gasteiger partial charge is 0.158 e. The molecule has 4 aliphatic carbocycles. The summed E-state index contributed by atoms with van der Waals surface area (Å²) in [6, 6.07) is 0. The molecule has 4 fully saturated rings. The summed E-state index contributed by atoms with van der Waals surface area (Å²) in [5.74, 6) is 8.90. The van der Waals surface area contributed by atoms with Gasteiger partial charge in [-0.25, -0.2) is 0 Å². The van der Waals surface area contributed by atoms with Crippen LogP contribution >= 0.6 is 11.8 Å². The second kappa shape index (κ2) is 4.83. The van der Waals surface area contributed by atoms with Gasteiger partial charge in [0, 0.05) is 5.25 Å². The number of unbranched alkanes of at least 4 members (excludes halogenated alkanes) is 1. The number of hydrogen-bond acceptors (Lipinski definition) is 1. The van der Waals surface area contributed by atoms with E-state index in [9.17, 15) is 0 Å². The molecule has 4 aliphatic rings. The van der Waals surface area contributed by atoms with Crippen molar-refractivity contribution in [1.29, 1.82) is 0 Å². The Morgan fingerprint density at radius 1 is 1.05 bits per heavy atom. The average molecular weight is 276 g/mol. The van der Waals surface area contributed by atoms with Crippen molar-refractivity contribution in [2.24, 2.45) is 41.4 Å². The standard InChI is InChI=1S/C18H28S/c1-3-5-6-19-16-10-13-9-15(16)18-14-8-12(17(13)18)7-11(14)4-2/h4,11-18H,2-3,5-10H2,1H3/t11-,12+,13-,14+,15+,16+,17?,18?/m0/s1. The maximum Gasteiger partial charge on any atom is 0.00810 e. The first-order valence-electron chi connectivity index (χ1n) is 8.57. The van der Waals surface area contributed by atoms with E-state index in [1.807, 2.05) is 0 Å². The summed E-state index contributed by atoms with van der Waals surface area (Å²) >= 11 is 2.33. The first kappa shape index (κ1) is 12.8. The summed E-state index contributed by atoms with van der Waals surface area (Å²) < 4.78 is 0. The normalized spacial score (nSPS) is 53.7. The van der Waals surface area contributed by atoms with Crippen molar-refractivity contribution in [3.63, 3.8) is 0 Å². The van der Waals surface area contributed by atoms with Crippen molar-refractivity contribution >= 4 is 11.8 Å². The van der Waals surface area contributed by atoms with E-state index in [0.717, 1.165) is 46.7 Å². The highest BCUT2D eigenvalue weighted by Gasteiger charge is 2.63. The van der Waals surface area contributed by atoms with Crippen LogP contribution in [0.25, 0.3) is 0 Å². The molecule has 2 unspecified atom stereocenters. The first-order chi connectivity index (χ1) is 9.33. The maximum atomic E-state index is 4.11. The lowest BCUT2D eigenvalue weighted by Crippen LogP contribution is -2.36. The minimum Gasteiger partial charge on any atom is -0.158 e. The van der Waals surface area contributed by atoms with Crippen LogP contribution in [0.1, 0.15) is 45.4 Å². The van der Waals surface area contributed by atoms with Crippen LogP contribution in [0.15, 0.2) is 12.7 Å². The molecule has 0 spiro atoms. The van der Waals surface area contributed by atoms with Crippen molar-refractivity contribution < 1.29 is 0 Å². The zero-order valence-electron chi connectivity index (χ0n) is 12.3. The Morgan fingerprint density at radius 2 is 1.84 bits per heavy atom. The molecule has 4 rings (SSSR count). The Bertz CT molecular complexity index is 363. The molecule has 0 aromatic rings. The Balaban J connectivity index is 1.47. The SMILES string of the molecule is C=C[C@H]1C[C@@H]2C[C@H]1C1C2[C@@H]2C[C@@H](SCCCC)[C@H]1C2. The molecule has 1 heteroatoms. The zero-order valence-corrected chi connectivity index (χ0v) is 13.1. The molecule has 0 heterocycles. The molecule has 106 valence electrons. The molecule has 8 atom stereocenters. The number of hydrogen-bond donors (Lipinski definition) is 0. The summed E-state index contributed by atoms with van der Waals surface area (Å²) in [4.78, 5) is 0. The Hall–Kier alpha value is 0.0900. The van der Waals surface area contributed by atoms with E-state index in [-0.39, 0.29) is 0 Å². The van der Waals surface area contributed by atoms with E-state index in [1.54, 1.807) is 19.3 Å². The Kier molecular flexibility index (Phi) is 3.25. The highest BCUT2D eigenvalue weighted by Crippen LogP contribution is 2.70. The van der Waals surface area contributed by atoms with Crippen LogP contribution in [0, 0.1) is 41.4 Å². The van der Waals surface area contributed by atoms with Gasteiger partial charge in [-0.3, -0.25) is 0 Å². The molecule has 0 saturated heterocycles. The fraction of sp³-hybridized carbons (Fsp3) is 0.889. The molecular formula is C18H28S. The predicted molar refractivity (Wildman–Crippen MR) is 84.2 cm³/mol. The third kappa shape index (κ3) is 1.79. The molecular weight excluding hydrogens is 248 g/mol. The van der Waals surface area contributed by atoms with Crippen molar-refractivity contribution in [2.45, 2.75) is 50.7 Å². The minimum absolute atomic E-state index is 0.881. The average Bonchev–Trinajstić information content (AvgIpc) is 3.15. The van der Waals surface area contributed by atoms with Crippen molar-refractivity contribution in [3.05, 3.63) is 12.7 Å². The second-order valence-corrected chi connectivity index (χ2v) is 8.95. The minimum atomic E-state index is 0.881. The van der Waals surface area contributed by atoms with Crippen molar-refractivity contribution in [3.8, 4) is 0 Å². The summed E-state index contributed by atoms with van der Waals surface area (Å²) in [5.41, 5.74) is 0. The summed E-state index contributed by atoms with van der Waals surface area (Å²) in [6.07, 6.45) is 11.3. The van der Waals surface area contributed by atoms with Crippen molar-refractivity contribution in [2.75, 3.05) is 5.75 Å². The molecule has 0 aromatic carbocycles. The second-order valence-electron chi connectivity index (χ2n) is 7.61. The van der Waals surface area contributed by atoms with Gasteiger partial charge in [-0.05, 0) is 79.3 Å². The van der Waals surface area contributed by atoms with Gasteiger partial charge >= 0.3 is 0 Å². The molecule has 0 amide bonds. The smallest absolute Gasteiger partial charge is 0.00810 e. The monoisotopic (exact) mass is 276 g/mol. The van der Waals surface area contributed by atoms with Crippen molar-refractivity contribution in [1.82, 2.24) is 0 Å². The summed E-state index contributed by atoms with van der Waals surface area (Å²) in [5, 5.41) is 1.03. The van der Waals surface area contributed by atoms with Gasteiger partial charge < -0.3 is 0 Å². The van der Waals surface area contributed by atoms with Crippen LogP contribution in [0.3, 0.4) is 0 Å². The maximum absolute atomic E-state index is 4.11. The molecule has 0 N–H and O–H groups in total. The molecule has 0 radical (unpaired) electrons. The highest BCUT2D eigenvalue weighted by atomic mass is 32.2. The molecule has 19 heavy (non-hydrogen) atoms. The lowest BCUT2D eigenvalue weighted by molar-refractivity contribution is 0.125. The zero-order chi connectivity index (χ0) is 13.0. The quantitative estimate of drug-likeness (QED) is 0.387. The van der Waals surface area contributed by atoms with E-state index < -0.39 is 0 Å². The van der Waals surface area contributed by atoms with E-state index in [4.69, 9.17) is 0 Å².